The highest BCUT2D eigenvalue weighted by Crippen LogP contribution is 2.58. The number of carbonyl (C=O) groups excluding carboxylic acids is 3. The third-order valence-electron chi connectivity index (χ3n) is 6.23. The van der Waals surface area contributed by atoms with Gasteiger partial charge < -0.3 is 25.4 Å². The van der Waals surface area contributed by atoms with Crippen molar-refractivity contribution in [2.75, 3.05) is 18.5 Å². The number of nitrogens with one attached hydrogen (secondary N) is 2. The molecule has 3 heterocycles. The largest absolute Gasteiger partial charge is 0.395 e. The number of likely N-dealkylation sites (tertiary alicyclic amines) is 1. The zero-order valence-corrected chi connectivity index (χ0v) is 17.6. The highest BCUT2D eigenvalue weighted by atomic mass is 16.5. The number of hydrogen-bond donors (Lipinski definition) is 3. The van der Waals surface area contributed by atoms with E-state index in [1.54, 1.807) is 12.1 Å². The van der Waals surface area contributed by atoms with Crippen LogP contribution in [0.4, 0.5) is 5.69 Å². The van der Waals surface area contributed by atoms with Gasteiger partial charge in [-0.15, -0.1) is 0 Å². The fourth-order valence-electron chi connectivity index (χ4n) is 5.29. The van der Waals surface area contributed by atoms with E-state index in [0.717, 1.165) is 0 Å². The Labute approximate surface area is 176 Å². The van der Waals surface area contributed by atoms with E-state index >= 15 is 0 Å². The van der Waals surface area contributed by atoms with Crippen LogP contribution in [0.2, 0.25) is 0 Å². The van der Waals surface area contributed by atoms with Crippen molar-refractivity contribution >= 4 is 23.4 Å². The predicted octanol–water partition coefficient (Wildman–Crippen LogP) is 0.907. The molecule has 8 heteroatoms. The topological polar surface area (TPSA) is 108 Å². The highest BCUT2D eigenvalue weighted by Gasteiger charge is 2.74. The summed E-state index contributed by atoms with van der Waals surface area (Å²) in [6.07, 6.45) is 0.750. The lowest BCUT2D eigenvalue weighted by atomic mass is 9.70. The lowest BCUT2D eigenvalue weighted by molar-refractivity contribution is -0.142. The quantitative estimate of drug-likeness (QED) is 0.663. The van der Waals surface area contributed by atoms with Crippen LogP contribution in [-0.4, -0.2) is 64.2 Å². The number of anilines is 1. The molecule has 1 aromatic rings. The number of aliphatic hydroxyl groups excluding tert-OH is 1. The Morgan fingerprint density at radius 2 is 1.93 bits per heavy atom. The van der Waals surface area contributed by atoms with Crippen LogP contribution >= 0.6 is 0 Å². The molecule has 4 rings (SSSR count). The Hall–Kier alpha value is -2.45. The number of benzene rings is 1. The number of nitrogens with zero attached hydrogens (tertiary/aromatic N) is 1. The molecule has 3 amide bonds. The van der Waals surface area contributed by atoms with Crippen molar-refractivity contribution in [2.24, 2.45) is 11.8 Å². The molecule has 3 saturated heterocycles. The van der Waals surface area contributed by atoms with Crippen molar-refractivity contribution in [2.45, 2.75) is 56.9 Å². The van der Waals surface area contributed by atoms with Crippen molar-refractivity contribution in [3.63, 3.8) is 0 Å². The summed E-state index contributed by atoms with van der Waals surface area (Å²) in [7, 11) is 0. The number of ether oxygens (including phenoxy) is 1. The van der Waals surface area contributed by atoms with Crippen LogP contribution in [0.5, 0.6) is 0 Å². The van der Waals surface area contributed by atoms with Gasteiger partial charge in [-0.1, -0.05) is 18.2 Å². The maximum absolute atomic E-state index is 13.4. The molecule has 1 spiro atoms. The Morgan fingerprint density at radius 3 is 2.57 bits per heavy atom. The van der Waals surface area contributed by atoms with E-state index in [0.29, 0.717) is 18.5 Å². The molecule has 1 aromatic carbocycles. The van der Waals surface area contributed by atoms with Gasteiger partial charge in [-0.05, 0) is 45.7 Å². The molecule has 162 valence electrons. The summed E-state index contributed by atoms with van der Waals surface area (Å²) in [5.41, 5.74) is -0.871. The van der Waals surface area contributed by atoms with E-state index in [9.17, 15) is 19.5 Å². The van der Waals surface area contributed by atoms with Gasteiger partial charge in [0.2, 0.25) is 17.7 Å². The molecule has 8 nitrogen and oxygen atoms in total. The molecule has 3 N–H and O–H groups in total. The molecule has 5 atom stereocenters. The molecule has 0 aromatic heterocycles. The van der Waals surface area contributed by atoms with Crippen molar-refractivity contribution in [1.82, 2.24) is 10.2 Å². The van der Waals surface area contributed by atoms with E-state index < -0.39 is 35.1 Å². The second-order valence-electron chi connectivity index (χ2n) is 9.41. The molecular weight excluding hydrogens is 386 g/mol. The number of β-amino-alcohol motifs (C(OH)–C–C–N with tert-alkyl or cyclic N) is 1. The maximum atomic E-state index is 13.4. The van der Waals surface area contributed by atoms with E-state index in [4.69, 9.17) is 4.74 Å². The second-order valence-corrected chi connectivity index (χ2v) is 9.41. The minimum Gasteiger partial charge on any atom is -0.395 e. The van der Waals surface area contributed by atoms with E-state index in [2.05, 4.69) is 10.6 Å². The predicted molar refractivity (Wildman–Crippen MR) is 109 cm³/mol. The number of aliphatic hydroxyl groups is 1. The standard InChI is InChI=1S/C22H29N3O5/c1-21(2,3)24-19(28)17-22-10-9-14(30-22)15(16(22)20(29)25(17)11-12-26)18(27)23-13-7-5-4-6-8-13/h4-8,14-17,26H,9-12H2,1-3H3,(H,23,27)(H,24,28)/t14-,15+,16+,17?,22?/m1/s1. The summed E-state index contributed by atoms with van der Waals surface area (Å²) < 4.78 is 6.28. The Balaban J connectivity index is 1.66. The monoisotopic (exact) mass is 415 g/mol. The first-order valence-corrected chi connectivity index (χ1v) is 10.4. The molecule has 3 fully saturated rings. The van der Waals surface area contributed by atoms with Gasteiger partial charge in [-0.25, -0.2) is 0 Å². The van der Waals surface area contributed by atoms with Crippen molar-refractivity contribution in [3.05, 3.63) is 30.3 Å². The second kappa shape index (κ2) is 7.35. The smallest absolute Gasteiger partial charge is 0.246 e. The number of rotatable bonds is 5. The van der Waals surface area contributed by atoms with E-state index in [-0.39, 0.29) is 30.9 Å². The van der Waals surface area contributed by atoms with Gasteiger partial charge in [0.15, 0.2) is 0 Å². The molecule has 30 heavy (non-hydrogen) atoms. The maximum Gasteiger partial charge on any atom is 0.246 e. The summed E-state index contributed by atoms with van der Waals surface area (Å²) in [6, 6.07) is 8.22. The SMILES string of the molecule is CC(C)(C)NC(=O)C1N(CCO)C(=O)[C@@H]2[C@@H](C(=O)Nc3ccccc3)[C@H]3CCC12O3. The minimum atomic E-state index is -1.04. The Bertz CT molecular complexity index is 852. The molecule has 3 aliphatic heterocycles. The van der Waals surface area contributed by atoms with Crippen molar-refractivity contribution < 1.29 is 24.2 Å². The minimum absolute atomic E-state index is 0.0281. The fourth-order valence-corrected chi connectivity index (χ4v) is 5.29. The van der Waals surface area contributed by atoms with Gasteiger partial charge in [0.05, 0.1) is 24.5 Å². The van der Waals surface area contributed by atoms with Crippen LogP contribution in [0.1, 0.15) is 33.6 Å². The fraction of sp³-hybridized carbons (Fsp3) is 0.591. The molecule has 3 aliphatic rings. The average Bonchev–Trinajstić information content (AvgIpc) is 3.29. The van der Waals surface area contributed by atoms with E-state index in [1.165, 1.54) is 4.90 Å². The van der Waals surface area contributed by atoms with E-state index in [1.807, 2.05) is 39.0 Å². The molecule has 2 bridgehead atoms. The normalized spacial score (nSPS) is 32.3. The van der Waals surface area contributed by atoms with Crippen molar-refractivity contribution in [1.29, 1.82) is 0 Å². The molecular formula is C22H29N3O5. The zero-order valence-electron chi connectivity index (χ0n) is 17.6. The highest BCUT2D eigenvalue weighted by molar-refractivity contribution is 6.02. The van der Waals surface area contributed by atoms with Crippen LogP contribution in [0.25, 0.3) is 0 Å². The molecule has 2 unspecified atom stereocenters. The number of amides is 3. The van der Waals surface area contributed by atoms with Gasteiger partial charge in [0, 0.05) is 17.8 Å². The Morgan fingerprint density at radius 1 is 1.23 bits per heavy atom. The first-order valence-electron chi connectivity index (χ1n) is 10.4. The number of carbonyl (C=O) groups is 3. The van der Waals surface area contributed by atoms with Crippen LogP contribution in [0.15, 0.2) is 30.3 Å². The van der Waals surface area contributed by atoms with Crippen LogP contribution in [0, 0.1) is 11.8 Å². The first-order chi connectivity index (χ1) is 14.2. The summed E-state index contributed by atoms with van der Waals surface area (Å²) >= 11 is 0. The van der Waals surface area contributed by atoms with Crippen LogP contribution in [0.3, 0.4) is 0 Å². The number of hydrogen-bond acceptors (Lipinski definition) is 5. The van der Waals surface area contributed by atoms with Crippen LogP contribution < -0.4 is 10.6 Å². The first kappa shape index (κ1) is 20.8. The third kappa shape index (κ3) is 3.28. The van der Waals surface area contributed by atoms with Gasteiger partial charge in [0.25, 0.3) is 0 Å². The molecule has 0 radical (unpaired) electrons. The average molecular weight is 415 g/mol. The Kier molecular flexibility index (Phi) is 5.10. The summed E-state index contributed by atoms with van der Waals surface area (Å²) in [6.45, 7) is 5.38. The van der Waals surface area contributed by atoms with Gasteiger partial charge in [0.1, 0.15) is 11.6 Å². The summed E-state index contributed by atoms with van der Waals surface area (Å²) in [5, 5.41) is 15.4. The zero-order chi connectivity index (χ0) is 21.7. The van der Waals surface area contributed by atoms with Crippen LogP contribution in [-0.2, 0) is 19.1 Å². The third-order valence-corrected chi connectivity index (χ3v) is 6.23. The lowest BCUT2D eigenvalue weighted by Gasteiger charge is -2.35. The number of para-hydroxylation sites is 1. The molecule has 0 aliphatic carbocycles. The summed E-state index contributed by atoms with van der Waals surface area (Å²) in [5.74, 6) is -2.28. The van der Waals surface area contributed by atoms with Gasteiger partial charge in [-0.2, -0.15) is 0 Å². The van der Waals surface area contributed by atoms with Crippen molar-refractivity contribution in [3.8, 4) is 0 Å². The van der Waals surface area contributed by atoms with Gasteiger partial charge in [-0.3, -0.25) is 14.4 Å². The number of fused-ring (bicyclic) bond motifs is 1. The van der Waals surface area contributed by atoms with Gasteiger partial charge >= 0.3 is 0 Å². The molecule has 0 saturated carbocycles. The lowest BCUT2D eigenvalue weighted by Crippen LogP contribution is -2.58. The summed E-state index contributed by atoms with van der Waals surface area (Å²) in [4.78, 5) is 41.1.